The van der Waals surface area contributed by atoms with Gasteiger partial charge < -0.3 is 19.6 Å². The van der Waals surface area contributed by atoms with Crippen molar-refractivity contribution in [3.8, 4) is 0 Å². The molecule has 0 radical (unpaired) electrons. The molecule has 7 heteroatoms. The number of hydrogen-bond donors (Lipinski definition) is 2. The predicted molar refractivity (Wildman–Crippen MR) is 156 cm³/mol. The molecule has 2 heterocycles. The van der Waals surface area contributed by atoms with E-state index in [2.05, 4.69) is 50.2 Å². The Kier molecular flexibility index (Phi) is 10.1. The summed E-state index contributed by atoms with van der Waals surface area (Å²) in [7, 11) is 1.73. The molecule has 1 fully saturated rings. The lowest BCUT2D eigenvalue weighted by molar-refractivity contribution is -0.148. The lowest BCUT2D eigenvalue weighted by atomic mass is 9.74. The van der Waals surface area contributed by atoms with E-state index in [4.69, 9.17) is 9.47 Å². The number of H-pyrrole nitrogens is 1. The monoisotopic (exact) mass is 542 g/mol. The van der Waals surface area contributed by atoms with Gasteiger partial charge in [-0.15, -0.1) is 0 Å². The quantitative estimate of drug-likeness (QED) is 0.218. The van der Waals surface area contributed by atoms with Crippen LogP contribution in [0.5, 0.6) is 0 Å². The number of esters is 1. The summed E-state index contributed by atoms with van der Waals surface area (Å²) in [5.41, 5.74) is 3.02. The van der Waals surface area contributed by atoms with Crippen molar-refractivity contribution in [1.82, 2.24) is 9.88 Å². The molecule has 2 aromatic rings. The molecule has 1 saturated heterocycles. The molecular formula is C32H50N2O5. The number of aromatic nitrogens is 1. The Hall–Kier alpha value is -2.54. The number of carboxylic acid groups (broad SMARTS) is 1. The molecule has 1 unspecified atom stereocenters. The van der Waals surface area contributed by atoms with E-state index in [0.717, 1.165) is 25.0 Å². The number of nitrogens with zero attached hydrogens (tertiary/aromatic N) is 1. The number of carbonyl (C=O) groups excluding carboxylic acids is 1. The highest BCUT2D eigenvalue weighted by molar-refractivity contribution is 5.84. The van der Waals surface area contributed by atoms with E-state index in [1.807, 2.05) is 34.6 Å². The SMILES string of the molecule is COCCCc1c[nH]c2ccc(C(C)[C@@H](C[C@@H]([C@@H]3C[C@@H](C(C)C)C(=O)O3)N(C(=O)O)C(C)(C)C)C(C)C)cc12. The zero-order valence-corrected chi connectivity index (χ0v) is 25.4. The average molecular weight is 543 g/mol. The van der Waals surface area contributed by atoms with Crippen molar-refractivity contribution >= 4 is 23.0 Å². The van der Waals surface area contributed by atoms with Gasteiger partial charge in [0, 0.05) is 36.4 Å². The molecule has 218 valence electrons. The molecule has 1 amide bonds. The minimum absolute atomic E-state index is 0.155. The van der Waals surface area contributed by atoms with Crippen molar-refractivity contribution < 1.29 is 24.2 Å². The Balaban J connectivity index is 1.96. The number of aryl methyl sites for hydroxylation is 1. The van der Waals surface area contributed by atoms with Gasteiger partial charge in [-0.05, 0) is 93.4 Å². The summed E-state index contributed by atoms with van der Waals surface area (Å²) in [5, 5.41) is 11.6. The molecule has 3 rings (SSSR count). The van der Waals surface area contributed by atoms with Crippen LogP contribution in [0.4, 0.5) is 4.79 Å². The van der Waals surface area contributed by atoms with Gasteiger partial charge in [-0.2, -0.15) is 0 Å². The molecule has 7 nitrogen and oxygen atoms in total. The number of benzene rings is 1. The molecule has 39 heavy (non-hydrogen) atoms. The predicted octanol–water partition coefficient (Wildman–Crippen LogP) is 7.25. The summed E-state index contributed by atoms with van der Waals surface area (Å²) in [6.45, 7) is 17.2. The second kappa shape index (κ2) is 12.8. The van der Waals surface area contributed by atoms with Gasteiger partial charge in [0.1, 0.15) is 6.10 Å². The van der Waals surface area contributed by atoms with Crippen LogP contribution in [0.1, 0.15) is 91.7 Å². The second-order valence-corrected chi connectivity index (χ2v) is 13.1. The van der Waals surface area contributed by atoms with E-state index in [1.165, 1.54) is 16.5 Å². The van der Waals surface area contributed by atoms with E-state index < -0.39 is 23.8 Å². The molecule has 0 spiro atoms. The second-order valence-electron chi connectivity index (χ2n) is 13.1. The molecule has 0 bridgehead atoms. The fourth-order valence-electron chi connectivity index (χ4n) is 6.43. The van der Waals surface area contributed by atoms with E-state index in [-0.39, 0.29) is 29.6 Å². The average Bonchev–Trinajstić information content (AvgIpc) is 3.43. The lowest BCUT2D eigenvalue weighted by Crippen LogP contribution is -2.56. The van der Waals surface area contributed by atoms with Gasteiger partial charge in [-0.3, -0.25) is 9.69 Å². The van der Waals surface area contributed by atoms with Crippen LogP contribution in [-0.4, -0.2) is 58.5 Å². The zero-order chi connectivity index (χ0) is 29.1. The number of ether oxygens (including phenoxy) is 2. The summed E-state index contributed by atoms with van der Waals surface area (Å²) >= 11 is 0. The number of carbonyl (C=O) groups is 2. The van der Waals surface area contributed by atoms with Gasteiger partial charge in [-0.1, -0.05) is 40.7 Å². The van der Waals surface area contributed by atoms with Gasteiger partial charge >= 0.3 is 12.1 Å². The molecule has 1 aliphatic heterocycles. The van der Waals surface area contributed by atoms with Gasteiger partial charge in [0.2, 0.25) is 0 Å². The van der Waals surface area contributed by atoms with Crippen LogP contribution in [-0.2, 0) is 20.7 Å². The van der Waals surface area contributed by atoms with Gasteiger partial charge in [-0.25, -0.2) is 4.79 Å². The third-order valence-electron chi connectivity index (χ3n) is 8.67. The fraction of sp³-hybridized carbons (Fsp3) is 0.688. The number of rotatable bonds is 12. The van der Waals surface area contributed by atoms with Gasteiger partial charge in [0.25, 0.3) is 0 Å². The summed E-state index contributed by atoms with van der Waals surface area (Å²) in [5.74, 6) is 0.431. The van der Waals surface area contributed by atoms with Crippen molar-refractivity contribution in [2.75, 3.05) is 13.7 Å². The Morgan fingerprint density at radius 3 is 2.44 bits per heavy atom. The number of fused-ring (bicyclic) bond motifs is 1. The lowest BCUT2D eigenvalue weighted by Gasteiger charge is -2.44. The highest BCUT2D eigenvalue weighted by atomic mass is 16.6. The Bertz CT molecular complexity index is 1120. The van der Waals surface area contributed by atoms with Crippen LogP contribution in [0.15, 0.2) is 24.4 Å². The van der Waals surface area contributed by atoms with E-state index >= 15 is 0 Å². The maximum Gasteiger partial charge on any atom is 0.408 e. The fourth-order valence-corrected chi connectivity index (χ4v) is 6.43. The summed E-state index contributed by atoms with van der Waals surface area (Å²) in [6.07, 6.45) is 3.77. The smallest absolute Gasteiger partial charge is 0.408 e. The Morgan fingerprint density at radius 2 is 1.90 bits per heavy atom. The number of hydrogen-bond acceptors (Lipinski definition) is 4. The first kappa shape index (κ1) is 31.0. The summed E-state index contributed by atoms with van der Waals surface area (Å²) < 4.78 is 11.2. The van der Waals surface area contributed by atoms with Crippen molar-refractivity contribution in [3.63, 3.8) is 0 Å². The number of nitrogens with one attached hydrogen (secondary N) is 1. The number of cyclic esters (lactones) is 1. The maximum absolute atomic E-state index is 12.8. The molecule has 0 aliphatic carbocycles. The minimum Gasteiger partial charge on any atom is -0.465 e. The first-order valence-corrected chi connectivity index (χ1v) is 14.6. The minimum atomic E-state index is -0.971. The Labute approximate surface area is 234 Å². The summed E-state index contributed by atoms with van der Waals surface area (Å²) in [4.78, 5) is 30.4. The molecule has 1 aromatic heterocycles. The van der Waals surface area contributed by atoms with Crippen molar-refractivity contribution in [2.45, 2.75) is 105 Å². The van der Waals surface area contributed by atoms with E-state index in [0.29, 0.717) is 18.8 Å². The standard InChI is InChI=1S/C32H50N2O5/c1-19(2)24(21(5)22-12-13-27-26(15-22)23(18-33-27)11-10-14-38-9)16-28(34(31(36)37)32(6,7)8)29-17-25(20(3)4)30(35)39-29/h12-13,15,18-21,24-25,28-29,33H,10-11,14,16-17H2,1-9H3,(H,36,37)/t21?,24-,25-,28-,29-/m0/s1. The number of methoxy groups -OCH3 is 1. The highest BCUT2D eigenvalue weighted by Gasteiger charge is 2.47. The van der Waals surface area contributed by atoms with Crippen LogP contribution >= 0.6 is 0 Å². The first-order chi connectivity index (χ1) is 18.3. The van der Waals surface area contributed by atoms with Crippen molar-refractivity contribution in [2.24, 2.45) is 23.7 Å². The molecule has 2 N–H and O–H groups in total. The van der Waals surface area contributed by atoms with Crippen molar-refractivity contribution in [1.29, 1.82) is 0 Å². The maximum atomic E-state index is 12.8. The largest absolute Gasteiger partial charge is 0.465 e. The van der Waals surface area contributed by atoms with Crippen LogP contribution in [0.25, 0.3) is 10.9 Å². The van der Waals surface area contributed by atoms with Gasteiger partial charge in [0.05, 0.1) is 12.0 Å². The molecule has 1 aromatic carbocycles. The van der Waals surface area contributed by atoms with Crippen LogP contribution < -0.4 is 0 Å². The molecule has 0 saturated carbocycles. The van der Waals surface area contributed by atoms with Crippen molar-refractivity contribution in [3.05, 3.63) is 35.5 Å². The normalized spacial score (nSPS) is 20.4. The number of amides is 1. The van der Waals surface area contributed by atoms with Crippen LogP contribution in [0.3, 0.4) is 0 Å². The van der Waals surface area contributed by atoms with E-state index in [1.54, 1.807) is 12.0 Å². The molecular weight excluding hydrogens is 492 g/mol. The topological polar surface area (TPSA) is 91.9 Å². The molecule has 1 aliphatic rings. The van der Waals surface area contributed by atoms with Gasteiger partial charge in [0.15, 0.2) is 0 Å². The Morgan fingerprint density at radius 1 is 1.21 bits per heavy atom. The summed E-state index contributed by atoms with van der Waals surface area (Å²) in [6, 6.07) is 6.22. The third-order valence-corrected chi connectivity index (χ3v) is 8.67. The zero-order valence-electron chi connectivity index (χ0n) is 25.4. The first-order valence-electron chi connectivity index (χ1n) is 14.6. The molecule has 5 atom stereocenters. The number of aromatic amines is 1. The van der Waals surface area contributed by atoms with Crippen LogP contribution in [0.2, 0.25) is 0 Å². The third kappa shape index (κ3) is 7.16. The van der Waals surface area contributed by atoms with E-state index in [9.17, 15) is 14.7 Å². The van der Waals surface area contributed by atoms with Crippen LogP contribution in [0, 0.1) is 23.7 Å². The highest BCUT2D eigenvalue weighted by Crippen LogP contribution is 2.41.